The maximum Gasteiger partial charge on any atom is 0.163 e. The number of nitrogens with one attached hydrogen (secondary N) is 1. The van der Waals surface area contributed by atoms with E-state index in [1.807, 2.05) is 31.3 Å². The molecule has 7 nitrogen and oxygen atoms in total. The second-order valence-electron chi connectivity index (χ2n) is 5.11. The lowest BCUT2D eigenvalue weighted by atomic mass is 10.2. The summed E-state index contributed by atoms with van der Waals surface area (Å²) in [5, 5.41) is 8.38. The van der Waals surface area contributed by atoms with Crippen molar-refractivity contribution < 1.29 is 9.47 Å². The number of hydrogen-bond acceptors (Lipinski definition) is 6. The van der Waals surface area contributed by atoms with E-state index in [2.05, 4.69) is 20.4 Å². The summed E-state index contributed by atoms with van der Waals surface area (Å²) >= 11 is 0. The molecule has 0 spiro atoms. The molecular weight excluding hydrogens is 282 g/mol. The molecule has 0 saturated carbocycles. The van der Waals surface area contributed by atoms with Gasteiger partial charge in [0, 0.05) is 7.05 Å². The number of hydrogen-bond donors (Lipinski definition) is 1. The molecule has 1 unspecified atom stereocenters. The predicted octanol–water partition coefficient (Wildman–Crippen LogP) is 1.62. The number of ether oxygens (including phenoxy) is 2. The molecule has 3 aromatic rings. The van der Waals surface area contributed by atoms with Crippen molar-refractivity contribution in [3.05, 3.63) is 36.8 Å². The van der Waals surface area contributed by atoms with Crippen LogP contribution in [0.2, 0.25) is 0 Å². The van der Waals surface area contributed by atoms with Crippen LogP contribution in [0, 0.1) is 0 Å². The average Bonchev–Trinajstić information content (AvgIpc) is 2.95. The van der Waals surface area contributed by atoms with E-state index in [4.69, 9.17) is 9.47 Å². The summed E-state index contributed by atoms with van der Waals surface area (Å²) in [5.74, 6) is 2.31. The van der Waals surface area contributed by atoms with E-state index in [1.165, 1.54) is 6.33 Å². The van der Waals surface area contributed by atoms with Crippen molar-refractivity contribution in [2.75, 3.05) is 18.5 Å². The first-order valence-electron chi connectivity index (χ1n) is 7.06. The van der Waals surface area contributed by atoms with Gasteiger partial charge in [0.25, 0.3) is 0 Å². The molecule has 1 N–H and O–H groups in total. The maximum atomic E-state index is 5.92. The Labute approximate surface area is 126 Å². The number of anilines is 1. The molecule has 1 aromatic carbocycles. The van der Waals surface area contributed by atoms with Gasteiger partial charge < -0.3 is 14.8 Å². The van der Waals surface area contributed by atoms with Crippen molar-refractivity contribution in [2.45, 2.75) is 6.10 Å². The van der Waals surface area contributed by atoms with Gasteiger partial charge in [-0.25, -0.2) is 9.97 Å². The average molecular weight is 297 g/mol. The minimum Gasteiger partial charge on any atom is -0.486 e. The summed E-state index contributed by atoms with van der Waals surface area (Å²) in [7, 11) is 1.86. The molecule has 1 aliphatic heterocycles. The summed E-state index contributed by atoms with van der Waals surface area (Å²) in [6.45, 7) is 1.10. The molecule has 7 heteroatoms. The summed E-state index contributed by atoms with van der Waals surface area (Å²) in [4.78, 5) is 8.50. The Morgan fingerprint density at radius 1 is 1.27 bits per heavy atom. The summed E-state index contributed by atoms with van der Waals surface area (Å²) in [6, 6.07) is 7.68. The zero-order valence-corrected chi connectivity index (χ0v) is 12.1. The SMILES string of the molecule is Cn1ncc2c(NCC3COc4ccccc4O3)ncnc21. The standard InChI is InChI=1S/C15H15N5O2/c1-20-15-11(7-19-20)14(17-9-18-15)16-6-10-8-21-12-4-2-3-5-13(12)22-10/h2-5,7,9-10H,6,8H2,1H3,(H,16,17,18). The Hall–Kier alpha value is -2.83. The van der Waals surface area contributed by atoms with Crippen LogP contribution in [-0.2, 0) is 7.05 Å². The monoisotopic (exact) mass is 297 g/mol. The number of aryl methyl sites for hydroxylation is 1. The molecule has 0 bridgehead atoms. The zero-order valence-electron chi connectivity index (χ0n) is 12.1. The van der Waals surface area contributed by atoms with Gasteiger partial charge in [-0.3, -0.25) is 4.68 Å². The van der Waals surface area contributed by atoms with Crippen molar-refractivity contribution >= 4 is 16.9 Å². The van der Waals surface area contributed by atoms with Crippen molar-refractivity contribution in [2.24, 2.45) is 7.05 Å². The Bertz CT molecular complexity index is 817. The van der Waals surface area contributed by atoms with Crippen LogP contribution in [0.15, 0.2) is 36.8 Å². The smallest absolute Gasteiger partial charge is 0.163 e. The first-order chi connectivity index (χ1) is 10.8. The van der Waals surface area contributed by atoms with Crippen LogP contribution >= 0.6 is 0 Å². The molecule has 0 fully saturated rings. The van der Waals surface area contributed by atoms with Gasteiger partial charge in [0.05, 0.1) is 18.1 Å². The van der Waals surface area contributed by atoms with Gasteiger partial charge in [-0.15, -0.1) is 0 Å². The molecule has 22 heavy (non-hydrogen) atoms. The molecule has 0 radical (unpaired) electrons. The van der Waals surface area contributed by atoms with Crippen LogP contribution in [-0.4, -0.2) is 39.0 Å². The van der Waals surface area contributed by atoms with E-state index >= 15 is 0 Å². The van der Waals surface area contributed by atoms with Crippen molar-refractivity contribution in [1.29, 1.82) is 0 Å². The molecule has 0 saturated heterocycles. The van der Waals surface area contributed by atoms with E-state index < -0.39 is 0 Å². The fourth-order valence-corrected chi connectivity index (χ4v) is 2.48. The lowest BCUT2D eigenvalue weighted by molar-refractivity contribution is 0.0997. The predicted molar refractivity (Wildman–Crippen MR) is 81.1 cm³/mol. The fraction of sp³-hybridized carbons (Fsp3) is 0.267. The Morgan fingerprint density at radius 3 is 3.05 bits per heavy atom. The van der Waals surface area contributed by atoms with Crippen LogP contribution in [0.5, 0.6) is 11.5 Å². The quantitative estimate of drug-likeness (QED) is 0.792. The Kier molecular flexibility index (Phi) is 3.03. The van der Waals surface area contributed by atoms with Gasteiger partial charge in [0.2, 0.25) is 0 Å². The molecule has 0 amide bonds. The van der Waals surface area contributed by atoms with Gasteiger partial charge in [-0.1, -0.05) is 12.1 Å². The lowest BCUT2D eigenvalue weighted by Crippen LogP contribution is -2.35. The molecule has 0 aliphatic carbocycles. The number of para-hydroxylation sites is 2. The molecule has 1 aliphatic rings. The van der Waals surface area contributed by atoms with Crippen LogP contribution in [0.3, 0.4) is 0 Å². The van der Waals surface area contributed by atoms with Gasteiger partial charge >= 0.3 is 0 Å². The summed E-state index contributed by atoms with van der Waals surface area (Å²) in [5.41, 5.74) is 0.795. The molecule has 1 atom stereocenters. The van der Waals surface area contributed by atoms with Gasteiger partial charge in [0.1, 0.15) is 24.9 Å². The third-order valence-electron chi connectivity index (χ3n) is 3.59. The largest absolute Gasteiger partial charge is 0.486 e. The van der Waals surface area contributed by atoms with E-state index in [1.54, 1.807) is 10.9 Å². The number of aromatic nitrogens is 4. The van der Waals surface area contributed by atoms with E-state index in [9.17, 15) is 0 Å². The molecule has 112 valence electrons. The van der Waals surface area contributed by atoms with Crippen LogP contribution < -0.4 is 14.8 Å². The van der Waals surface area contributed by atoms with Crippen molar-refractivity contribution in [3.8, 4) is 11.5 Å². The van der Waals surface area contributed by atoms with Gasteiger partial charge in [-0.05, 0) is 12.1 Å². The molecular formula is C15H15N5O2. The third kappa shape index (κ3) is 2.20. The normalized spacial score (nSPS) is 16.7. The van der Waals surface area contributed by atoms with Gasteiger partial charge in [-0.2, -0.15) is 5.10 Å². The van der Waals surface area contributed by atoms with Crippen LogP contribution in [0.25, 0.3) is 11.0 Å². The number of rotatable bonds is 3. The van der Waals surface area contributed by atoms with Gasteiger partial charge in [0.15, 0.2) is 17.1 Å². The van der Waals surface area contributed by atoms with E-state index in [-0.39, 0.29) is 6.10 Å². The minimum absolute atomic E-state index is 0.0726. The maximum absolute atomic E-state index is 5.92. The minimum atomic E-state index is -0.0726. The zero-order chi connectivity index (χ0) is 14.9. The first kappa shape index (κ1) is 12.9. The van der Waals surface area contributed by atoms with E-state index in [0.29, 0.717) is 13.2 Å². The Balaban J connectivity index is 1.49. The molecule has 4 rings (SSSR count). The van der Waals surface area contributed by atoms with Crippen molar-refractivity contribution in [3.63, 3.8) is 0 Å². The first-order valence-corrected chi connectivity index (χ1v) is 7.06. The molecule has 2 aromatic heterocycles. The highest BCUT2D eigenvalue weighted by atomic mass is 16.6. The highest BCUT2D eigenvalue weighted by Gasteiger charge is 2.20. The fourth-order valence-electron chi connectivity index (χ4n) is 2.48. The number of nitrogens with zero attached hydrogens (tertiary/aromatic N) is 4. The summed E-state index contributed by atoms with van der Waals surface area (Å²) in [6.07, 6.45) is 3.21. The van der Waals surface area contributed by atoms with E-state index in [0.717, 1.165) is 28.4 Å². The highest BCUT2D eigenvalue weighted by molar-refractivity contribution is 5.85. The number of benzene rings is 1. The van der Waals surface area contributed by atoms with Crippen LogP contribution in [0.4, 0.5) is 5.82 Å². The highest BCUT2D eigenvalue weighted by Crippen LogP contribution is 2.31. The molecule has 3 heterocycles. The third-order valence-corrected chi connectivity index (χ3v) is 3.59. The number of fused-ring (bicyclic) bond motifs is 2. The van der Waals surface area contributed by atoms with Crippen LogP contribution in [0.1, 0.15) is 0 Å². The lowest BCUT2D eigenvalue weighted by Gasteiger charge is -2.26. The summed E-state index contributed by atoms with van der Waals surface area (Å²) < 4.78 is 13.3. The van der Waals surface area contributed by atoms with Crippen molar-refractivity contribution in [1.82, 2.24) is 19.7 Å². The topological polar surface area (TPSA) is 74.1 Å². The Morgan fingerprint density at radius 2 is 2.14 bits per heavy atom. The second kappa shape index (κ2) is 5.18. The second-order valence-corrected chi connectivity index (χ2v) is 5.11.